The van der Waals surface area contributed by atoms with Gasteiger partial charge in [0.1, 0.15) is 18.4 Å². The zero-order valence-electron chi connectivity index (χ0n) is 43.6. The van der Waals surface area contributed by atoms with Gasteiger partial charge in [-0.2, -0.15) is 13.2 Å². The Morgan fingerprint density at radius 3 is 1.96 bits per heavy atom. The van der Waals surface area contributed by atoms with Crippen LogP contribution in [0.25, 0.3) is 23.3 Å². The molecule has 77 heavy (non-hydrogen) atoms. The number of rotatable bonds is 15. The third-order valence-corrected chi connectivity index (χ3v) is 18.1. The molecule has 2 amide bonds. The largest absolute Gasteiger partial charge is 0.480 e. The van der Waals surface area contributed by atoms with E-state index in [-0.39, 0.29) is 86.4 Å². The summed E-state index contributed by atoms with van der Waals surface area (Å²) in [4.78, 5) is 87.1. The maximum atomic E-state index is 14.9. The van der Waals surface area contributed by atoms with Crippen LogP contribution in [0.2, 0.25) is 0 Å². The Hall–Kier alpha value is -5.75. The number of amides is 2. The molecule has 18 nitrogen and oxygen atoms in total. The van der Waals surface area contributed by atoms with E-state index >= 15 is 0 Å². The molecule has 5 aliphatic rings. The SMILES string of the molecule is Cc1c(/C=C/c2cc(OCCNC(=O)C3CCC(CNC(=O)CN4CCN5CCN6CCN(CC4)CC(=O)[O][Ga]([O]C(=O)C5)[O]C(=O)C6)CC3)c(CN3CCCC[C@H]3C(=O)O)cc2C(F)(F)F)cccc1-c1ccccc1. The molecule has 3 N–H and O–H groups in total. The van der Waals surface area contributed by atoms with Crippen LogP contribution < -0.4 is 15.4 Å². The Labute approximate surface area is 453 Å². The van der Waals surface area contributed by atoms with Crippen molar-refractivity contribution in [2.24, 2.45) is 11.8 Å². The van der Waals surface area contributed by atoms with Crippen LogP contribution in [0, 0.1) is 18.8 Å². The van der Waals surface area contributed by atoms with Gasteiger partial charge in [-0.3, -0.25) is 14.5 Å². The third kappa shape index (κ3) is 16.6. The minimum absolute atomic E-state index is 0.0134. The van der Waals surface area contributed by atoms with Crippen molar-refractivity contribution in [3.05, 3.63) is 88.5 Å². The van der Waals surface area contributed by atoms with E-state index < -0.39 is 59.0 Å². The number of aliphatic carboxylic acids is 1. The second kappa shape index (κ2) is 27.2. The molecule has 3 aromatic rings. The first-order valence-electron chi connectivity index (χ1n) is 26.7. The van der Waals surface area contributed by atoms with Gasteiger partial charge in [0, 0.05) is 18.0 Å². The smallest absolute Gasteiger partial charge is 0.417 e. The number of halogens is 3. The number of hydrogen-bond acceptors (Lipinski definition) is 15. The zero-order chi connectivity index (χ0) is 54.5. The molecule has 3 aromatic carbocycles. The second-order valence-electron chi connectivity index (χ2n) is 20.6. The molecule has 22 heteroatoms. The molecular weight excluding hydrogens is 1060 g/mol. The van der Waals surface area contributed by atoms with Gasteiger partial charge >= 0.3 is 199 Å². The molecule has 4 heterocycles. The van der Waals surface area contributed by atoms with E-state index in [0.717, 1.165) is 28.3 Å². The molecule has 3 atom stereocenters. The van der Waals surface area contributed by atoms with Crippen LogP contribution in [0.4, 0.5) is 13.2 Å². The van der Waals surface area contributed by atoms with E-state index in [1.165, 1.54) is 12.1 Å². The molecule has 1 aliphatic carbocycles. The van der Waals surface area contributed by atoms with Crippen LogP contribution in [0.1, 0.15) is 72.8 Å². The van der Waals surface area contributed by atoms with Gasteiger partial charge in [0.25, 0.3) is 0 Å². The van der Waals surface area contributed by atoms with Crippen molar-refractivity contribution >= 4 is 65.2 Å². The van der Waals surface area contributed by atoms with Gasteiger partial charge < -0.3 is 15.2 Å². The number of carboxylic acid groups (broad SMARTS) is 1. The average Bonchev–Trinajstić information content (AvgIpc) is 3.44. The first-order valence-corrected chi connectivity index (χ1v) is 29.7. The number of likely N-dealkylation sites (tertiary alicyclic amines) is 1. The molecule has 1 saturated carbocycles. The second-order valence-corrected chi connectivity index (χ2v) is 23.3. The number of piperidine rings is 1. The van der Waals surface area contributed by atoms with Crippen molar-refractivity contribution in [1.82, 2.24) is 35.1 Å². The van der Waals surface area contributed by atoms with Crippen LogP contribution in [0.5, 0.6) is 5.75 Å². The standard InChI is InChI=1S/C55H72F3N7O11.Ga/c1-38-40(10-7-11-45(38)41-8-3-2-4-9-41)17-18-43-31-48(44(30-46(43)55(56,57)58)33-65-20-6-5-12-47(65)54(74)75)76-29-19-59-53(73)42-15-13-39(14-16-42)32-60-49(66)34-61-21-23-62(35-50(67)68)25-27-64(37-52(71)72)28-26-63(24-22-61)36-51(69)70;/h2-4,7-11,17-18,30-31,39,42,47H,5-6,12-16,19-29,32-37H2,1H3,(H,59,73)(H,60,66)(H,67,68)(H,69,70)(H,71,72)(H,74,75);/q;+3/p-3/b18-17+;/t39?,42?,47-;/m0./s1. The van der Waals surface area contributed by atoms with Crippen LogP contribution in [-0.4, -0.2) is 193 Å². The van der Waals surface area contributed by atoms with Crippen LogP contribution in [0.15, 0.2) is 60.7 Å². The fourth-order valence-electron chi connectivity index (χ4n) is 10.8. The van der Waals surface area contributed by atoms with Gasteiger partial charge in [-0.15, -0.1) is 0 Å². The summed E-state index contributed by atoms with van der Waals surface area (Å²) >= 11 is -3.98. The summed E-state index contributed by atoms with van der Waals surface area (Å²) < 4.78 is 67.2. The van der Waals surface area contributed by atoms with Crippen molar-refractivity contribution in [1.29, 1.82) is 0 Å². The molecule has 4 bridgehead atoms. The molecule has 0 radical (unpaired) electrons. The van der Waals surface area contributed by atoms with E-state index in [9.17, 15) is 47.0 Å². The maximum Gasteiger partial charge on any atom is 0.417 e. The van der Waals surface area contributed by atoms with E-state index in [2.05, 4.69) is 10.6 Å². The van der Waals surface area contributed by atoms with Crippen molar-refractivity contribution in [3.63, 3.8) is 0 Å². The average molecular weight is 1130 g/mol. The van der Waals surface area contributed by atoms with Gasteiger partial charge in [-0.1, -0.05) is 67.1 Å². The summed E-state index contributed by atoms with van der Waals surface area (Å²) in [7, 11) is 0. The molecule has 414 valence electrons. The Morgan fingerprint density at radius 2 is 1.35 bits per heavy atom. The van der Waals surface area contributed by atoms with Gasteiger partial charge in [-0.05, 0) is 91.9 Å². The van der Waals surface area contributed by atoms with Gasteiger partial charge in [0.05, 0.1) is 12.1 Å². The van der Waals surface area contributed by atoms with Crippen LogP contribution in [0.3, 0.4) is 0 Å². The van der Waals surface area contributed by atoms with Gasteiger partial charge in [-0.25, -0.2) is 0 Å². The number of alkyl halides is 3. The molecule has 0 spiro atoms. The van der Waals surface area contributed by atoms with Crippen molar-refractivity contribution in [2.45, 2.75) is 70.6 Å². The molecule has 0 aromatic heterocycles. The van der Waals surface area contributed by atoms with E-state index in [0.29, 0.717) is 110 Å². The minimum atomic E-state index is -4.73. The first kappa shape index (κ1) is 57.4. The maximum absolute atomic E-state index is 14.9. The number of ether oxygens (including phenoxy) is 1. The molecule has 2 unspecified atom stereocenters. The fraction of sp³-hybridized carbons (Fsp3) is 0.527. The Bertz CT molecular complexity index is 2570. The van der Waals surface area contributed by atoms with Gasteiger partial charge in [0.2, 0.25) is 5.91 Å². The van der Waals surface area contributed by atoms with E-state index in [1.807, 2.05) is 75.1 Å². The van der Waals surface area contributed by atoms with Crippen molar-refractivity contribution in [2.75, 3.05) is 105 Å². The summed E-state index contributed by atoms with van der Waals surface area (Å²) in [6, 6.07) is 17.0. The third-order valence-electron chi connectivity index (χ3n) is 15.2. The minimum Gasteiger partial charge on any atom is -0.480 e. The summed E-state index contributed by atoms with van der Waals surface area (Å²) in [5.74, 6) is -3.16. The number of hydrogen-bond donors (Lipinski definition) is 3. The monoisotopic (exact) mass is 1130 g/mol. The molecule has 4 saturated heterocycles. The number of carboxylic acids is 1. The predicted octanol–water partition coefficient (Wildman–Crippen LogP) is 4.57. The Balaban J connectivity index is 0.851. The topological polar surface area (TPSA) is 200 Å². The predicted molar refractivity (Wildman–Crippen MR) is 279 cm³/mol. The zero-order valence-corrected chi connectivity index (χ0v) is 46.0. The van der Waals surface area contributed by atoms with Gasteiger partial charge in [0.15, 0.2) is 0 Å². The van der Waals surface area contributed by atoms with E-state index in [4.69, 9.17) is 15.3 Å². The number of carbonyl (C=O) groups is 6. The Morgan fingerprint density at radius 1 is 0.740 bits per heavy atom. The number of nitrogens with zero attached hydrogens (tertiary/aromatic N) is 5. The number of benzene rings is 3. The van der Waals surface area contributed by atoms with Crippen molar-refractivity contribution < 1.29 is 62.4 Å². The van der Waals surface area contributed by atoms with Crippen LogP contribution in [-0.2, 0) is 52.1 Å². The molecule has 8 rings (SSSR count). The van der Waals surface area contributed by atoms with Crippen molar-refractivity contribution in [3.8, 4) is 16.9 Å². The fourth-order valence-corrected chi connectivity index (χ4v) is 12.9. The summed E-state index contributed by atoms with van der Waals surface area (Å²) in [6.07, 6.45) is 2.78. The van der Waals surface area contributed by atoms with Crippen LogP contribution >= 0.6 is 0 Å². The number of nitrogens with one attached hydrogen (secondary N) is 2. The molecule has 4 aliphatic heterocycles. The summed E-state index contributed by atoms with van der Waals surface area (Å²) in [5, 5.41) is 16.0. The number of fused-ring (bicyclic) bond motifs is 7. The summed E-state index contributed by atoms with van der Waals surface area (Å²) in [5.41, 5.74) is 2.80. The van der Waals surface area contributed by atoms with E-state index in [1.54, 1.807) is 11.0 Å². The number of carbonyl (C=O) groups excluding carboxylic acids is 5. The summed E-state index contributed by atoms with van der Waals surface area (Å²) in [6.45, 7) is 6.41. The molecular formula is C55H69F3GaN7O11. The normalized spacial score (nSPS) is 24.3. The molecule has 5 fully saturated rings. The first-order chi connectivity index (χ1) is 37.0. The quantitative estimate of drug-likeness (QED) is 0.109. The Kier molecular flexibility index (Phi) is 20.3.